The highest BCUT2D eigenvalue weighted by molar-refractivity contribution is 5.56. The number of ether oxygens (including phenoxy) is 1. The normalized spacial score (nSPS) is 12.3. The Kier molecular flexibility index (Phi) is 4.40. The number of rotatable bonds is 5. The SMILES string of the molecule is CCC(C)CNc1ccc(F)cc1OC. The number of hydrogen-bond acceptors (Lipinski definition) is 2. The van der Waals surface area contributed by atoms with Crippen molar-refractivity contribution in [2.75, 3.05) is 19.0 Å². The molecule has 1 atom stereocenters. The standard InChI is InChI=1S/C12H18FNO/c1-4-9(2)8-14-11-6-5-10(13)7-12(11)15-3/h5-7,9,14H,4,8H2,1-3H3. The molecule has 0 heterocycles. The van der Waals surface area contributed by atoms with Gasteiger partial charge in [-0.05, 0) is 18.1 Å². The van der Waals surface area contributed by atoms with Crippen molar-refractivity contribution in [1.29, 1.82) is 0 Å². The van der Waals surface area contributed by atoms with Crippen LogP contribution >= 0.6 is 0 Å². The lowest BCUT2D eigenvalue weighted by atomic mass is 10.1. The summed E-state index contributed by atoms with van der Waals surface area (Å²) in [5, 5.41) is 3.25. The molecule has 0 aromatic heterocycles. The summed E-state index contributed by atoms with van der Waals surface area (Å²) in [6.07, 6.45) is 1.12. The van der Waals surface area contributed by atoms with Gasteiger partial charge in [0.2, 0.25) is 0 Å². The summed E-state index contributed by atoms with van der Waals surface area (Å²) in [6, 6.07) is 4.52. The van der Waals surface area contributed by atoms with Crippen LogP contribution in [-0.4, -0.2) is 13.7 Å². The Morgan fingerprint density at radius 3 is 2.80 bits per heavy atom. The van der Waals surface area contributed by atoms with Gasteiger partial charge in [0.15, 0.2) is 0 Å². The van der Waals surface area contributed by atoms with Gasteiger partial charge in [0.05, 0.1) is 12.8 Å². The summed E-state index contributed by atoms with van der Waals surface area (Å²) in [4.78, 5) is 0. The summed E-state index contributed by atoms with van der Waals surface area (Å²) < 4.78 is 18.0. The fourth-order valence-electron chi connectivity index (χ4n) is 1.24. The van der Waals surface area contributed by atoms with Gasteiger partial charge in [0, 0.05) is 12.6 Å². The van der Waals surface area contributed by atoms with Crippen LogP contribution in [0.4, 0.5) is 10.1 Å². The van der Waals surface area contributed by atoms with Crippen LogP contribution in [0.25, 0.3) is 0 Å². The first-order chi connectivity index (χ1) is 7.17. The second kappa shape index (κ2) is 5.59. The molecule has 0 radical (unpaired) electrons. The molecule has 2 nitrogen and oxygen atoms in total. The molecule has 0 saturated heterocycles. The van der Waals surface area contributed by atoms with Crippen LogP contribution < -0.4 is 10.1 Å². The van der Waals surface area contributed by atoms with Gasteiger partial charge in [-0.2, -0.15) is 0 Å². The van der Waals surface area contributed by atoms with E-state index in [1.54, 1.807) is 13.2 Å². The highest BCUT2D eigenvalue weighted by atomic mass is 19.1. The van der Waals surface area contributed by atoms with E-state index in [0.29, 0.717) is 11.7 Å². The molecule has 1 aromatic rings. The quantitative estimate of drug-likeness (QED) is 0.807. The summed E-state index contributed by atoms with van der Waals surface area (Å²) in [7, 11) is 1.54. The van der Waals surface area contributed by atoms with E-state index in [2.05, 4.69) is 19.2 Å². The van der Waals surface area contributed by atoms with Gasteiger partial charge >= 0.3 is 0 Å². The minimum absolute atomic E-state index is 0.277. The molecule has 0 amide bonds. The molecule has 84 valence electrons. The van der Waals surface area contributed by atoms with Crippen LogP contribution in [-0.2, 0) is 0 Å². The number of hydrogen-bond donors (Lipinski definition) is 1. The van der Waals surface area contributed by atoms with Gasteiger partial charge in [-0.1, -0.05) is 20.3 Å². The van der Waals surface area contributed by atoms with E-state index in [0.717, 1.165) is 18.7 Å². The Balaban J connectivity index is 2.67. The van der Waals surface area contributed by atoms with Crippen molar-refractivity contribution in [2.45, 2.75) is 20.3 Å². The van der Waals surface area contributed by atoms with E-state index in [1.807, 2.05) is 0 Å². The van der Waals surface area contributed by atoms with Gasteiger partial charge in [-0.3, -0.25) is 0 Å². The molecule has 0 bridgehead atoms. The van der Waals surface area contributed by atoms with Crippen LogP contribution in [0.2, 0.25) is 0 Å². The van der Waals surface area contributed by atoms with E-state index in [1.165, 1.54) is 12.1 Å². The molecular formula is C12H18FNO. The lowest BCUT2D eigenvalue weighted by molar-refractivity contribution is 0.412. The van der Waals surface area contributed by atoms with E-state index >= 15 is 0 Å². The number of anilines is 1. The average Bonchev–Trinajstić information content (AvgIpc) is 2.26. The minimum atomic E-state index is -0.277. The molecule has 0 spiro atoms. The summed E-state index contributed by atoms with van der Waals surface area (Å²) >= 11 is 0. The third-order valence-corrected chi connectivity index (χ3v) is 2.50. The highest BCUT2D eigenvalue weighted by Gasteiger charge is 2.05. The summed E-state index contributed by atoms with van der Waals surface area (Å²) in [5.41, 5.74) is 0.846. The monoisotopic (exact) mass is 211 g/mol. The molecule has 0 saturated carbocycles. The maximum absolute atomic E-state index is 12.9. The smallest absolute Gasteiger partial charge is 0.144 e. The van der Waals surface area contributed by atoms with Gasteiger partial charge in [0.25, 0.3) is 0 Å². The van der Waals surface area contributed by atoms with Crippen molar-refractivity contribution in [1.82, 2.24) is 0 Å². The van der Waals surface area contributed by atoms with Gasteiger partial charge < -0.3 is 10.1 Å². The molecule has 1 aromatic carbocycles. The summed E-state index contributed by atoms with van der Waals surface area (Å²) in [6.45, 7) is 5.19. The summed E-state index contributed by atoms with van der Waals surface area (Å²) in [5.74, 6) is 0.874. The van der Waals surface area contributed by atoms with Crippen molar-refractivity contribution >= 4 is 5.69 Å². The first kappa shape index (κ1) is 11.8. The average molecular weight is 211 g/mol. The Hall–Kier alpha value is -1.25. The Bertz CT molecular complexity index is 314. The molecule has 0 aliphatic carbocycles. The zero-order chi connectivity index (χ0) is 11.3. The second-order valence-corrected chi connectivity index (χ2v) is 3.74. The third-order valence-electron chi connectivity index (χ3n) is 2.50. The van der Waals surface area contributed by atoms with Gasteiger partial charge in [-0.15, -0.1) is 0 Å². The predicted octanol–water partition coefficient (Wildman–Crippen LogP) is 3.29. The molecule has 15 heavy (non-hydrogen) atoms. The predicted molar refractivity (Wildman–Crippen MR) is 60.9 cm³/mol. The maximum atomic E-state index is 12.9. The first-order valence-electron chi connectivity index (χ1n) is 5.24. The molecule has 1 unspecified atom stereocenters. The zero-order valence-electron chi connectivity index (χ0n) is 9.51. The van der Waals surface area contributed by atoms with Gasteiger partial charge in [0.1, 0.15) is 11.6 Å². The van der Waals surface area contributed by atoms with Crippen LogP contribution in [0.3, 0.4) is 0 Å². The highest BCUT2D eigenvalue weighted by Crippen LogP contribution is 2.25. The Morgan fingerprint density at radius 2 is 2.20 bits per heavy atom. The molecule has 1 rings (SSSR count). The van der Waals surface area contributed by atoms with Crippen LogP contribution in [0.5, 0.6) is 5.75 Å². The first-order valence-corrected chi connectivity index (χ1v) is 5.24. The number of halogens is 1. The fraction of sp³-hybridized carbons (Fsp3) is 0.500. The van der Waals surface area contributed by atoms with Crippen molar-refractivity contribution in [3.8, 4) is 5.75 Å². The van der Waals surface area contributed by atoms with E-state index in [4.69, 9.17) is 4.74 Å². The molecule has 0 aliphatic heterocycles. The Labute approximate surface area is 90.4 Å². The lowest BCUT2D eigenvalue weighted by Gasteiger charge is -2.14. The minimum Gasteiger partial charge on any atom is -0.494 e. The molecule has 3 heteroatoms. The second-order valence-electron chi connectivity index (χ2n) is 3.74. The number of benzene rings is 1. The molecular weight excluding hydrogens is 193 g/mol. The van der Waals surface area contributed by atoms with Crippen molar-refractivity contribution in [2.24, 2.45) is 5.92 Å². The third kappa shape index (κ3) is 3.42. The van der Waals surface area contributed by atoms with Crippen LogP contribution in [0, 0.1) is 11.7 Å². The Morgan fingerprint density at radius 1 is 1.47 bits per heavy atom. The van der Waals surface area contributed by atoms with E-state index in [-0.39, 0.29) is 5.82 Å². The maximum Gasteiger partial charge on any atom is 0.144 e. The molecule has 0 fully saturated rings. The fourth-order valence-corrected chi connectivity index (χ4v) is 1.24. The van der Waals surface area contributed by atoms with E-state index < -0.39 is 0 Å². The van der Waals surface area contributed by atoms with Gasteiger partial charge in [-0.25, -0.2) is 4.39 Å². The zero-order valence-corrected chi connectivity index (χ0v) is 9.51. The lowest BCUT2D eigenvalue weighted by Crippen LogP contribution is -2.10. The largest absolute Gasteiger partial charge is 0.494 e. The molecule has 0 aliphatic rings. The number of methoxy groups -OCH3 is 1. The van der Waals surface area contributed by atoms with Crippen molar-refractivity contribution < 1.29 is 9.13 Å². The van der Waals surface area contributed by atoms with Crippen LogP contribution in [0.15, 0.2) is 18.2 Å². The van der Waals surface area contributed by atoms with Crippen molar-refractivity contribution in [3.05, 3.63) is 24.0 Å². The van der Waals surface area contributed by atoms with E-state index in [9.17, 15) is 4.39 Å². The number of nitrogens with one attached hydrogen (secondary N) is 1. The topological polar surface area (TPSA) is 21.3 Å². The molecule has 1 N–H and O–H groups in total. The van der Waals surface area contributed by atoms with Crippen molar-refractivity contribution in [3.63, 3.8) is 0 Å². The van der Waals surface area contributed by atoms with Crippen LogP contribution in [0.1, 0.15) is 20.3 Å².